The number of nitrogens with zero attached hydrogens (tertiary/aromatic N) is 1. The number of phenolic OH excluding ortho intramolecular Hbond substituents is 1. The number of nitrogens with one attached hydrogen (secondary N) is 1. The Labute approximate surface area is 133 Å². The second kappa shape index (κ2) is 5.79. The van der Waals surface area contributed by atoms with Gasteiger partial charge in [0.2, 0.25) is 0 Å². The van der Waals surface area contributed by atoms with Crippen molar-refractivity contribution in [1.82, 2.24) is 4.31 Å². The lowest BCUT2D eigenvalue weighted by Gasteiger charge is -2.29. The molecule has 21 heavy (non-hydrogen) atoms. The molecule has 0 atom stereocenters. The zero-order chi connectivity index (χ0) is 16.6. The van der Waals surface area contributed by atoms with E-state index >= 15 is 0 Å². The molecular weight excluding hydrogens is 282 g/mol. The van der Waals surface area contributed by atoms with Crippen LogP contribution in [0.3, 0.4) is 0 Å². The summed E-state index contributed by atoms with van der Waals surface area (Å²) >= 11 is 4.20. The maximum Gasteiger partial charge on any atom is 0.198 e. The van der Waals surface area contributed by atoms with Crippen molar-refractivity contribution in [1.29, 1.82) is 5.41 Å². The minimum absolute atomic E-state index is 0.0963. The molecule has 0 aliphatic heterocycles. The van der Waals surface area contributed by atoms with Crippen LogP contribution in [0.5, 0.6) is 5.75 Å². The quantitative estimate of drug-likeness (QED) is 0.384. The average molecular weight is 309 g/mol. The summed E-state index contributed by atoms with van der Waals surface area (Å²) in [5.41, 5.74) is 7.88. The molecule has 0 radical (unpaired) electrons. The van der Waals surface area contributed by atoms with Gasteiger partial charge in [0.05, 0.1) is 6.54 Å². The van der Waals surface area contributed by atoms with Crippen molar-refractivity contribution in [2.24, 2.45) is 5.73 Å². The predicted molar refractivity (Wildman–Crippen MR) is 91.9 cm³/mol. The molecular formula is C16H27N3OS. The molecule has 5 heteroatoms. The predicted octanol–water partition coefficient (Wildman–Crippen LogP) is 3.53. The van der Waals surface area contributed by atoms with Gasteiger partial charge in [-0.25, -0.2) is 0 Å². The van der Waals surface area contributed by atoms with E-state index in [-0.39, 0.29) is 16.8 Å². The van der Waals surface area contributed by atoms with Crippen LogP contribution in [0, 0.1) is 5.41 Å². The van der Waals surface area contributed by atoms with Gasteiger partial charge in [-0.2, -0.15) is 0 Å². The van der Waals surface area contributed by atoms with Crippen LogP contribution in [0.25, 0.3) is 0 Å². The van der Waals surface area contributed by atoms with E-state index in [9.17, 15) is 5.11 Å². The highest BCUT2D eigenvalue weighted by molar-refractivity contribution is 7.78. The van der Waals surface area contributed by atoms with Crippen LogP contribution in [-0.2, 0) is 17.4 Å². The first-order chi connectivity index (χ1) is 9.34. The van der Waals surface area contributed by atoms with Crippen molar-refractivity contribution in [3.8, 4) is 5.75 Å². The Hall–Kier alpha value is -1.36. The van der Waals surface area contributed by atoms with Gasteiger partial charge < -0.3 is 10.8 Å². The molecule has 1 rings (SSSR count). The van der Waals surface area contributed by atoms with Gasteiger partial charge in [0.25, 0.3) is 0 Å². The van der Waals surface area contributed by atoms with E-state index in [4.69, 9.17) is 11.1 Å². The standard InChI is InChI=1S/C16H27N3OS/c1-15(2,3)11-7-10(9-19(21)14(17)18)8-12(13(11)20)16(4,5)6/h7-8,20-21H,9H2,1-6H3,(H3,17,18). The maximum atomic E-state index is 10.6. The van der Waals surface area contributed by atoms with E-state index in [1.807, 2.05) is 12.1 Å². The molecule has 0 saturated carbocycles. The lowest BCUT2D eigenvalue weighted by molar-refractivity contribution is 0.422. The molecule has 4 nitrogen and oxygen atoms in total. The summed E-state index contributed by atoms with van der Waals surface area (Å²) in [5, 5.41) is 18.1. The summed E-state index contributed by atoms with van der Waals surface area (Å²) in [6.07, 6.45) is 0. The molecule has 0 aliphatic rings. The third kappa shape index (κ3) is 4.30. The molecule has 4 N–H and O–H groups in total. The van der Waals surface area contributed by atoms with Crippen LogP contribution >= 0.6 is 12.8 Å². The second-order valence-corrected chi connectivity index (χ2v) is 7.97. The van der Waals surface area contributed by atoms with Gasteiger partial charge in [-0.3, -0.25) is 9.71 Å². The number of guanidine groups is 1. The summed E-state index contributed by atoms with van der Waals surface area (Å²) in [4.78, 5) is 0. The molecule has 118 valence electrons. The molecule has 0 fully saturated rings. The smallest absolute Gasteiger partial charge is 0.198 e. The highest BCUT2D eigenvalue weighted by Crippen LogP contribution is 2.39. The van der Waals surface area contributed by atoms with Crippen LogP contribution in [0.15, 0.2) is 12.1 Å². The van der Waals surface area contributed by atoms with Gasteiger partial charge in [-0.1, -0.05) is 54.4 Å². The van der Waals surface area contributed by atoms with Crippen molar-refractivity contribution < 1.29 is 5.11 Å². The van der Waals surface area contributed by atoms with E-state index in [1.54, 1.807) is 0 Å². The minimum Gasteiger partial charge on any atom is -0.507 e. The van der Waals surface area contributed by atoms with E-state index in [2.05, 4.69) is 54.4 Å². The summed E-state index contributed by atoms with van der Waals surface area (Å²) in [5.74, 6) is 0.258. The number of benzene rings is 1. The summed E-state index contributed by atoms with van der Waals surface area (Å²) in [7, 11) is 0. The molecule has 0 bridgehead atoms. The van der Waals surface area contributed by atoms with E-state index in [1.165, 1.54) is 4.31 Å². The van der Waals surface area contributed by atoms with Crippen molar-refractivity contribution in [3.05, 3.63) is 28.8 Å². The molecule has 0 aromatic heterocycles. The average Bonchev–Trinajstić information content (AvgIpc) is 2.27. The Balaban J connectivity index is 3.44. The highest BCUT2D eigenvalue weighted by Gasteiger charge is 2.26. The summed E-state index contributed by atoms with van der Waals surface area (Å²) in [6, 6.07) is 3.94. The molecule has 0 saturated heterocycles. The second-order valence-electron chi connectivity index (χ2n) is 7.48. The van der Waals surface area contributed by atoms with Gasteiger partial charge in [0.1, 0.15) is 5.75 Å². The summed E-state index contributed by atoms with van der Waals surface area (Å²) < 4.78 is 1.38. The van der Waals surface area contributed by atoms with Gasteiger partial charge in [-0.05, 0) is 39.7 Å². The third-order valence-corrected chi connectivity index (χ3v) is 3.75. The molecule has 1 aromatic carbocycles. The first-order valence-corrected chi connectivity index (χ1v) is 7.41. The van der Waals surface area contributed by atoms with Crippen molar-refractivity contribution in [3.63, 3.8) is 0 Å². The van der Waals surface area contributed by atoms with Crippen LogP contribution < -0.4 is 5.73 Å². The lowest BCUT2D eigenvalue weighted by Crippen LogP contribution is -2.28. The Morgan fingerprint density at radius 2 is 1.52 bits per heavy atom. The zero-order valence-electron chi connectivity index (χ0n) is 13.8. The van der Waals surface area contributed by atoms with E-state index in [0.29, 0.717) is 12.3 Å². The number of thiol groups is 1. The molecule has 1 aromatic rings. The third-order valence-electron chi connectivity index (χ3n) is 3.40. The van der Waals surface area contributed by atoms with Crippen molar-refractivity contribution in [2.45, 2.75) is 58.9 Å². The van der Waals surface area contributed by atoms with Crippen LogP contribution in [0.4, 0.5) is 0 Å². The van der Waals surface area contributed by atoms with Gasteiger partial charge >= 0.3 is 0 Å². The van der Waals surface area contributed by atoms with E-state index in [0.717, 1.165) is 16.7 Å². The largest absolute Gasteiger partial charge is 0.507 e. The van der Waals surface area contributed by atoms with E-state index < -0.39 is 0 Å². The Bertz CT molecular complexity index is 506. The summed E-state index contributed by atoms with van der Waals surface area (Å²) in [6.45, 7) is 12.8. The van der Waals surface area contributed by atoms with Crippen LogP contribution in [0.2, 0.25) is 0 Å². The zero-order valence-corrected chi connectivity index (χ0v) is 14.7. The van der Waals surface area contributed by atoms with Crippen molar-refractivity contribution >= 4 is 18.8 Å². The molecule has 0 unspecified atom stereocenters. The Morgan fingerprint density at radius 1 is 1.14 bits per heavy atom. The lowest BCUT2D eigenvalue weighted by atomic mass is 9.78. The maximum absolute atomic E-state index is 10.6. The number of hydrogen-bond donors (Lipinski definition) is 4. The fourth-order valence-corrected chi connectivity index (χ4v) is 2.35. The van der Waals surface area contributed by atoms with Crippen LogP contribution in [-0.4, -0.2) is 15.4 Å². The normalized spacial score (nSPS) is 12.3. The number of rotatable bonds is 2. The van der Waals surface area contributed by atoms with Gasteiger partial charge in [0.15, 0.2) is 5.96 Å². The number of nitrogens with two attached hydrogens (primary N) is 1. The molecule has 0 aliphatic carbocycles. The molecule has 0 heterocycles. The highest BCUT2D eigenvalue weighted by atomic mass is 32.1. The van der Waals surface area contributed by atoms with Crippen LogP contribution in [0.1, 0.15) is 58.2 Å². The number of phenols is 1. The molecule has 0 amide bonds. The number of aromatic hydroxyl groups is 1. The monoisotopic (exact) mass is 309 g/mol. The fraction of sp³-hybridized carbons (Fsp3) is 0.562. The fourth-order valence-electron chi connectivity index (χ4n) is 2.19. The minimum atomic E-state index is -0.169. The first kappa shape index (κ1) is 17.7. The first-order valence-electron chi connectivity index (χ1n) is 7.01. The SMILES string of the molecule is CC(C)(C)c1cc(CN(S)C(=N)N)cc(C(C)(C)C)c1O. The topological polar surface area (TPSA) is 73.3 Å². The number of hydrogen-bond acceptors (Lipinski definition) is 3. The Morgan fingerprint density at radius 3 is 1.81 bits per heavy atom. The van der Waals surface area contributed by atoms with Gasteiger partial charge in [0, 0.05) is 0 Å². The Kier molecular flexibility index (Phi) is 4.88. The van der Waals surface area contributed by atoms with Crippen molar-refractivity contribution in [2.75, 3.05) is 0 Å². The molecule has 0 spiro atoms. The van der Waals surface area contributed by atoms with Gasteiger partial charge in [-0.15, -0.1) is 0 Å².